The molecular weight excluding hydrogens is 2050 g/mol. The maximum absolute atomic E-state index is 8.90. The minimum atomic E-state index is -3.41. The molecule has 18 rings (SSSR count). The molecule has 18 saturated carbocycles. The van der Waals surface area contributed by atoms with Crippen LogP contribution in [0.3, 0.4) is 0 Å². The van der Waals surface area contributed by atoms with Gasteiger partial charge in [0.25, 0.3) is 0 Å². The van der Waals surface area contributed by atoms with Crippen LogP contribution in [0.15, 0.2) is 45.1 Å². The summed E-state index contributed by atoms with van der Waals surface area (Å²) in [5.74, 6) is 0. The van der Waals surface area contributed by atoms with E-state index < -0.39 is 261 Å². The second-order valence-electron chi connectivity index (χ2n) is 49.6. The van der Waals surface area contributed by atoms with Crippen LogP contribution in [0.2, 0.25) is 308 Å². The van der Waals surface area contributed by atoms with Crippen molar-refractivity contribution in [3.8, 4) is 0 Å². The quantitative estimate of drug-likeness (QED) is 0.0408. The van der Waals surface area contributed by atoms with Gasteiger partial charge in [0.2, 0.25) is 148 Å². The van der Waals surface area contributed by atoms with Crippen LogP contribution in [-0.4, -0.2) is 349 Å². The van der Waals surface area contributed by atoms with Gasteiger partial charge in [-0.25, -0.2) is 0 Å². The third kappa shape index (κ3) is 9.74. The van der Waals surface area contributed by atoms with Gasteiger partial charge in [0.05, 0.1) is 0 Å². The standard InChI is InChI=1S/C83H157O24Si24/c1-52-59(131(50,51)107-80-68(92-116-13)69(93-117(14)15)71(95-119(18)19)70(68,94-118(16)17)82(80,102-126(38,39)40)83(71,103-127(41,42)43)81(69,80)101-125(35,36)37)55-58(4)130(48,49)106-79-67(91-115-12)63(87-111-8)66(90-114-11)64(67,88-112-9)76(79,100-124(32,33)34)78(66,75(63,79)99-123(29,30)31)105-129(46,47)57(3)54-53-56(2)128(44,45)104-77-65(89-113-10)61(85-109-6)60(84-108-5)62(65,86-110-7)74(77,98-122(26,27)28)72(60,96-120(20,21)22)73(61,77)97-121(23,24)25/h52-55H,1-51H3. The van der Waals surface area contributed by atoms with Gasteiger partial charge in [-0.05, 0) is 341 Å². The van der Waals surface area contributed by atoms with Crippen molar-refractivity contribution in [1.82, 2.24) is 0 Å². The van der Waals surface area contributed by atoms with Crippen LogP contribution in [0.25, 0.3) is 0 Å². The molecule has 0 aliphatic heterocycles. The van der Waals surface area contributed by atoms with Gasteiger partial charge in [-0.1, -0.05) is 39.9 Å². The summed E-state index contributed by atoms with van der Waals surface area (Å²) < 4.78 is 194. The van der Waals surface area contributed by atoms with Crippen molar-refractivity contribution in [3.05, 3.63) is 45.1 Å². The molecule has 18 aliphatic rings. The van der Waals surface area contributed by atoms with Gasteiger partial charge >= 0.3 is 0 Å². The highest BCUT2D eigenvalue weighted by Crippen LogP contribution is 3.20. The van der Waals surface area contributed by atoms with Gasteiger partial charge < -0.3 is 106 Å². The average molecular weight is 2210 g/mol. The van der Waals surface area contributed by atoms with E-state index in [9.17, 15) is 0 Å². The van der Waals surface area contributed by atoms with Gasteiger partial charge in [0.15, 0.2) is 201 Å². The first-order chi connectivity index (χ1) is 59.4. The third-order valence-corrected chi connectivity index (χ3v) is 56.7. The van der Waals surface area contributed by atoms with Crippen LogP contribution in [0, 0.1) is 0 Å². The average Bonchev–Trinajstić information content (AvgIpc) is 0.497. The third-order valence-electron chi connectivity index (χ3n) is 31.3. The zero-order valence-corrected chi connectivity index (χ0v) is 113. The lowest BCUT2D eigenvalue weighted by atomic mass is 8.87. The first kappa shape index (κ1) is 108. The lowest BCUT2D eigenvalue weighted by molar-refractivity contribution is -0.837. The molecule has 24 nitrogen and oxygen atoms in total. The summed E-state index contributed by atoms with van der Waals surface area (Å²) in [7, 11) is -39.0. The SMILES string of the molecule is CC=C(C=C(C)[Si](C)(C)OC12C3(O[Si]C)C4(O[Si]C)C5(O[Si]C)C3(O[Si]C)C1(O[Si](C)(C)C)C5(O[Si](C)(C)C(C)=CC=C(C)[Si](C)(C)OC13C5(O[Si]C)C6(O[Si]C)C7(O[Si]C)C5(O[Si]C)C1(O[Si](C)(C)C)C7(O[Si](C)(C)C)C63O[Si](C)(C)C)C42O[Si](C)(C)C)[Si](C)(C)OC12C3(O[Si]C)C4(O[Si](C)C)C5(O[Si](C)C)C3(O[Si](C)C)C1(O[Si](C)(C)C)C5(O[Si](C)(C)C)C42O[Si](C)(C)C. The first-order valence-electron chi connectivity index (χ1n) is 47.2. The van der Waals surface area contributed by atoms with E-state index in [1.807, 2.05) is 0 Å². The van der Waals surface area contributed by atoms with Crippen LogP contribution in [-0.2, 0) is 106 Å². The summed E-state index contributed by atoms with van der Waals surface area (Å²) in [5.41, 5.74) is -29.4. The van der Waals surface area contributed by atoms with E-state index in [0.29, 0.717) is 0 Å². The molecule has 0 spiro atoms. The van der Waals surface area contributed by atoms with Crippen molar-refractivity contribution in [3.63, 3.8) is 0 Å². The summed E-state index contributed by atoms with van der Waals surface area (Å²) in [4.78, 5) is 0. The molecule has 0 aromatic heterocycles. The Labute approximate surface area is 828 Å². The molecular formula is C83H157O24Si24. The summed E-state index contributed by atoms with van der Waals surface area (Å²) in [5, 5.41) is 4.36. The van der Waals surface area contributed by atoms with Crippen LogP contribution in [0.1, 0.15) is 27.7 Å². The summed E-state index contributed by atoms with van der Waals surface area (Å²) in [6, 6.07) is 0. The molecule has 18 aliphatic carbocycles. The molecule has 12 atom stereocenters. The highest BCUT2D eigenvalue weighted by Gasteiger charge is 3.49. The minimum absolute atomic E-state index is 0.0107. The zero-order valence-electron chi connectivity index (χ0n) is 89.1. The normalized spacial score (nSPS) is 46.0. The molecule has 0 aromatic rings. The van der Waals surface area contributed by atoms with E-state index in [2.05, 4.69) is 360 Å². The molecule has 131 heavy (non-hydrogen) atoms. The molecule has 0 saturated heterocycles. The van der Waals surface area contributed by atoms with Crippen molar-refractivity contribution in [1.29, 1.82) is 0 Å². The Kier molecular flexibility index (Phi) is 25.1. The Morgan fingerprint density at radius 2 is 0.336 bits per heavy atom. The number of rotatable bonds is 54. The predicted molar refractivity (Wildman–Crippen MR) is 560 cm³/mol. The fourth-order valence-corrected chi connectivity index (χ4v) is 60.2. The number of hydrogen-bond donors (Lipinski definition) is 0. The smallest absolute Gasteiger partial charge is 0.227 e. The molecule has 0 amide bonds. The first-order valence-corrected chi connectivity index (χ1v) is 106. The highest BCUT2D eigenvalue weighted by atomic mass is 28.4. The Morgan fingerprint density at radius 3 is 0.489 bits per heavy atom. The Hall–Kier alpha value is 3.21. The second kappa shape index (κ2) is 30.3. The molecule has 12 unspecified atom stereocenters. The predicted octanol–water partition coefficient (Wildman–Crippen LogP) is 15.5. The highest BCUT2D eigenvalue weighted by molar-refractivity contribution is 6.83. The molecule has 0 aromatic carbocycles. The van der Waals surface area contributed by atoms with Crippen LogP contribution in [0.4, 0.5) is 0 Å². The van der Waals surface area contributed by atoms with Crippen LogP contribution >= 0.6 is 0 Å². The molecule has 0 N–H and O–H groups in total. The van der Waals surface area contributed by atoms with Crippen molar-refractivity contribution >= 4 is 215 Å². The number of allylic oxidation sites excluding steroid dienone is 8. The van der Waals surface area contributed by atoms with Gasteiger partial charge in [0.1, 0.15) is 0 Å². The fraction of sp³-hybridized carbons (Fsp3) is 0.904. The lowest BCUT2D eigenvalue weighted by Gasteiger charge is -3.24. The van der Waals surface area contributed by atoms with Crippen LogP contribution in [0.5, 0.6) is 0 Å². The van der Waals surface area contributed by atoms with Crippen molar-refractivity contribution in [2.24, 2.45) is 0 Å². The van der Waals surface area contributed by atoms with Gasteiger partial charge in [-0.15, -0.1) is 0 Å². The topological polar surface area (TPSA) is 222 Å². The Balaban J connectivity index is 0.864. The zero-order chi connectivity index (χ0) is 99.2. The van der Waals surface area contributed by atoms with E-state index in [0.717, 1.165) is 20.8 Å². The summed E-state index contributed by atoms with van der Waals surface area (Å²) in [6.45, 7) is 115. The van der Waals surface area contributed by atoms with E-state index in [4.69, 9.17) is 106 Å². The second-order valence-corrected chi connectivity index (χ2v) is 112. The molecule has 21 radical (unpaired) electrons. The van der Waals surface area contributed by atoms with E-state index in [1.165, 1.54) is 0 Å². The van der Waals surface area contributed by atoms with E-state index in [-0.39, 0.29) is 87.9 Å². The molecule has 729 valence electrons. The Morgan fingerprint density at radius 1 is 0.198 bits per heavy atom. The maximum atomic E-state index is 8.90. The van der Waals surface area contributed by atoms with Gasteiger partial charge in [-0.3, -0.25) is 0 Å². The van der Waals surface area contributed by atoms with Crippen molar-refractivity contribution in [2.45, 2.75) is 470 Å². The lowest BCUT2D eigenvalue weighted by Crippen LogP contribution is -3.53. The molecule has 0 heterocycles. The van der Waals surface area contributed by atoms with Crippen LogP contribution < -0.4 is 0 Å². The largest absolute Gasteiger partial charge is 0.404 e. The number of hydrogen-bond acceptors (Lipinski definition) is 24. The molecule has 48 heteroatoms. The van der Waals surface area contributed by atoms with Crippen molar-refractivity contribution in [2.75, 3.05) is 0 Å². The van der Waals surface area contributed by atoms with E-state index in [1.54, 1.807) is 0 Å². The van der Waals surface area contributed by atoms with Crippen molar-refractivity contribution < 1.29 is 106 Å². The molecule has 18 fully saturated rings. The Bertz CT molecular complexity index is 4620. The van der Waals surface area contributed by atoms with Gasteiger partial charge in [-0.2, -0.15) is 0 Å². The summed E-state index contributed by atoms with van der Waals surface area (Å²) in [6.07, 6.45) is 9.30. The fourth-order valence-electron chi connectivity index (χ4n) is 31.4. The monoisotopic (exact) mass is 2210 g/mol. The van der Waals surface area contributed by atoms with E-state index >= 15 is 0 Å². The summed E-state index contributed by atoms with van der Waals surface area (Å²) >= 11 is 0. The maximum Gasteiger partial charge on any atom is 0.227 e. The molecule has 0 bridgehead atoms. The van der Waals surface area contributed by atoms with Gasteiger partial charge in [0, 0.05) is 0 Å². The minimum Gasteiger partial charge on any atom is -0.404 e.